The van der Waals surface area contributed by atoms with Gasteiger partial charge in [-0.2, -0.15) is 13.2 Å². The Hall–Kier alpha value is -1.73. The molecule has 0 fully saturated rings. The van der Waals surface area contributed by atoms with Crippen molar-refractivity contribution >= 4 is 40.2 Å². The molecular formula is C13H10ClF3N2OS. The van der Waals surface area contributed by atoms with E-state index in [0.717, 1.165) is 35.1 Å². The highest BCUT2D eigenvalue weighted by atomic mass is 35.5. The van der Waals surface area contributed by atoms with Crippen molar-refractivity contribution in [3.05, 3.63) is 44.6 Å². The lowest BCUT2D eigenvalue weighted by atomic mass is 10.1. The quantitative estimate of drug-likeness (QED) is 0.791. The van der Waals surface area contributed by atoms with E-state index in [1.807, 2.05) is 0 Å². The number of aryl methyl sites for hydroxylation is 1. The molecule has 1 heterocycles. The van der Waals surface area contributed by atoms with E-state index in [0.29, 0.717) is 5.02 Å². The number of rotatable bonds is 2. The molecule has 3 nitrogen and oxygen atoms in total. The molecule has 0 saturated carbocycles. The first-order valence-electron chi connectivity index (χ1n) is 5.72. The number of halogens is 4. The monoisotopic (exact) mass is 334 g/mol. The molecule has 21 heavy (non-hydrogen) atoms. The molecule has 0 bridgehead atoms. The smallest absolute Gasteiger partial charge is 0.397 e. The normalized spacial score (nSPS) is 11.5. The number of nitrogens with one attached hydrogen (secondary N) is 1. The molecule has 1 amide bonds. The van der Waals surface area contributed by atoms with E-state index < -0.39 is 17.6 Å². The number of carbonyl (C=O) groups excluding carboxylic acids is 1. The van der Waals surface area contributed by atoms with Crippen LogP contribution < -0.4 is 11.1 Å². The van der Waals surface area contributed by atoms with E-state index in [1.165, 1.54) is 0 Å². The van der Waals surface area contributed by atoms with Crippen LogP contribution >= 0.6 is 22.9 Å². The van der Waals surface area contributed by atoms with Crippen molar-refractivity contribution in [2.24, 2.45) is 0 Å². The molecule has 0 unspecified atom stereocenters. The number of anilines is 2. The Bertz CT molecular complexity index is 697. The number of alkyl halides is 3. The van der Waals surface area contributed by atoms with E-state index in [4.69, 9.17) is 17.3 Å². The summed E-state index contributed by atoms with van der Waals surface area (Å²) in [7, 11) is 0. The number of nitrogen functional groups attached to an aromatic ring is 1. The van der Waals surface area contributed by atoms with Crippen LogP contribution in [0.25, 0.3) is 0 Å². The fraction of sp³-hybridized carbons (Fsp3) is 0.154. The van der Waals surface area contributed by atoms with E-state index in [-0.39, 0.29) is 16.3 Å². The van der Waals surface area contributed by atoms with Crippen molar-refractivity contribution in [3.8, 4) is 0 Å². The average molecular weight is 335 g/mol. The molecule has 2 aromatic rings. The number of benzene rings is 1. The van der Waals surface area contributed by atoms with Gasteiger partial charge in [-0.05, 0) is 36.1 Å². The summed E-state index contributed by atoms with van der Waals surface area (Å²) in [5.74, 6) is -0.510. The van der Waals surface area contributed by atoms with Crippen molar-refractivity contribution in [2.45, 2.75) is 13.1 Å². The SMILES string of the molecule is Cc1csc(C(=O)Nc2ccc(C(F)(F)F)cc2N)c1Cl. The Morgan fingerprint density at radius 1 is 1.38 bits per heavy atom. The van der Waals surface area contributed by atoms with Gasteiger partial charge in [-0.1, -0.05) is 11.6 Å². The van der Waals surface area contributed by atoms with Gasteiger partial charge >= 0.3 is 6.18 Å². The van der Waals surface area contributed by atoms with Crippen LogP contribution in [-0.2, 0) is 6.18 Å². The van der Waals surface area contributed by atoms with Crippen LogP contribution in [0.4, 0.5) is 24.5 Å². The second-order valence-electron chi connectivity index (χ2n) is 4.32. The summed E-state index contributed by atoms with van der Waals surface area (Å²) in [4.78, 5) is 12.3. The molecule has 0 saturated heterocycles. The molecule has 0 atom stereocenters. The predicted octanol–water partition coefficient (Wildman–Crippen LogP) is 4.56. The first-order valence-corrected chi connectivity index (χ1v) is 6.97. The van der Waals surface area contributed by atoms with E-state index in [1.54, 1.807) is 12.3 Å². The Balaban J connectivity index is 2.24. The Labute approximate surface area is 127 Å². The highest BCUT2D eigenvalue weighted by Gasteiger charge is 2.31. The van der Waals surface area contributed by atoms with Crippen molar-refractivity contribution in [3.63, 3.8) is 0 Å². The maximum absolute atomic E-state index is 12.5. The minimum Gasteiger partial charge on any atom is -0.397 e. The molecule has 1 aromatic heterocycles. The van der Waals surface area contributed by atoms with Crippen LogP contribution in [0, 0.1) is 6.92 Å². The number of thiophene rings is 1. The molecule has 0 aliphatic carbocycles. The number of hydrogen-bond acceptors (Lipinski definition) is 3. The summed E-state index contributed by atoms with van der Waals surface area (Å²) in [6.07, 6.45) is -4.48. The lowest BCUT2D eigenvalue weighted by molar-refractivity contribution is -0.137. The molecule has 3 N–H and O–H groups in total. The zero-order valence-electron chi connectivity index (χ0n) is 10.7. The molecule has 2 rings (SSSR count). The standard InChI is InChI=1S/C13H10ClF3N2OS/c1-6-5-21-11(10(6)14)12(20)19-9-3-2-7(4-8(9)18)13(15,16)17/h2-5H,18H2,1H3,(H,19,20). The van der Waals surface area contributed by atoms with Crippen molar-refractivity contribution in [1.29, 1.82) is 0 Å². The highest BCUT2D eigenvalue weighted by molar-refractivity contribution is 7.13. The van der Waals surface area contributed by atoms with Crippen molar-refractivity contribution < 1.29 is 18.0 Å². The molecule has 8 heteroatoms. The minimum atomic E-state index is -4.48. The van der Waals surface area contributed by atoms with Gasteiger partial charge in [0, 0.05) is 0 Å². The van der Waals surface area contributed by atoms with Gasteiger partial charge in [-0.15, -0.1) is 11.3 Å². The Kier molecular flexibility index (Phi) is 4.15. The third-order valence-corrected chi connectivity index (χ3v) is 4.43. The zero-order valence-corrected chi connectivity index (χ0v) is 12.3. The van der Waals surface area contributed by atoms with Crippen LogP contribution in [0.5, 0.6) is 0 Å². The van der Waals surface area contributed by atoms with Gasteiger partial charge in [0.15, 0.2) is 0 Å². The third kappa shape index (κ3) is 3.30. The third-order valence-electron chi connectivity index (χ3n) is 2.73. The maximum Gasteiger partial charge on any atom is 0.416 e. The summed E-state index contributed by atoms with van der Waals surface area (Å²) in [5.41, 5.74) is 5.37. The highest BCUT2D eigenvalue weighted by Crippen LogP contribution is 2.33. The Morgan fingerprint density at radius 2 is 2.05 bits per heavy atom. The second-order valence-corrected chi connectivity index (χ2v) is 5.57. The average Bonchev–Trinajstić information content (AvgIpc) is 2.71. The van der Waals surface area contributed by atoms with Crippen LogP contribution in [-0.4, -0.2) is 5.91 Å². The lowest BCUT2D eigenvalue weighted by Crippen LogP contribution is -2.13. The molecule has 0 aliphatic heterocycles. The van der Waals surface area contributed by atoms with Crippen LogP contribution in [0.2, 0.25) is 5.02 Å². The molecule has 0 aliphatic rings. The molecule has 0 spiro atoms. The first-order chi connectivity index (χ1) is 9.70. The summed E-state index contributed by atoms with van der Waals surface area (Å²) in [6, 6.07) is 2.74. The molecular weight excluding hydrogens is 325 g/mol. The molecule has 1 aromatic carbocycles. The first kappa shape index (κ1) is 15.7. The van der Waals surface area contributed by atoms with Gasteiger partial charge in [0.1, 0.15) is 4.88 Å². The second kappa shape index (κ2) is 5.57. The van der Waals surface area contributed by atoms with Gasteiger partial charge < -0.3 is 11.1 Å². The Morgan fingerprint density at radius 3 is 2.52 bits per heavy atom. The maximum atomic E-state index is 12.5. The fourth-order valence-electron chi connectivity index (χ4n) is 1.62. The largest absolute Gasteiger partial charge is 0.416 e. The van der Waals surface area contributed by atoms with Gasteiger partial charge in [0.25, 0.3) is 5.91 Å². The predicted molar refractivity (Wildman–Crippen MR) is 77.9 cm³/mol. The van der Waals surface area contributed by atoms with Gasteiger partial charge in [0.2, 0.25) is 0 Å². The van der Waals surface area contributed by atoms with E-state index >= 15 is 0 Å². The summed E-state index contributed by atoms with van der Waals surface area (Å²) in [6.45, 7) is 1.75. The number of nitrogens with two attached hydrogens (primary N) is 1. The van der Waals surface area contributed by atoms with Gasteiger partial charge in [-0.25, -0.2) is 0 Å². The van der Waals surface area contributed by atoms with Crippen LogP contribution in [0.3, 0.4) is 0 Å². The number of hydrogen-bond donors (Lipinski definition) is 2. The van der Waals surface area contributed by atoms with Crippen molar-refractivity contribution in [2.75, 3.05) is 11.1 Å². The van der Waals surface area contributed by atoms with E-state index in [9.17, 15) is 18.0 Å². The van der Waals surface area contributed by atoms with Gasteiger partial charge in [0.05, 0.1) is 22.0 Å². The lowest BCUT2D eigenvalue weighted by Gasteiger charge is -2.11. The number of amides is 1. The van der Waals surface area contributed by atoms with Crippen LogP contribution in [0.1, 0.15) is 20.8 Å². The number of carbonyl (C=O) groups is 1. The topological polar surface area (TPSA) is 55.1 Å². The zero-order chi connectivity index (χ0) is 15.8. The summed E-state index contributed by atoms with van der Waals surface area (Å²) >= 11 is 7.12. The minimum absolute atomic E-state index is 0.107. The fourth-order valence-corrected chi connectivity index (χ4v) is 2.79. The van der Waals surface area contributed by atoms with E-state index in [2.05, 4.69) is 5.32 Å². The molecule has 112 valence electrons. The van der Waals surface area contributed by atoms with Crippen molar-refractivity contribution in [1.82, 2.24) is 0 Å². The van der Waals surface area contributed by atoms with Crippen LogP contribution in [0.15, 0.2) is 23.6 Å². The summed E-state index contributed by atoms with van der Waals surface area (Å²) < 4.78 is 37.6. The van der Waals surface area contributed by atoms with Gasteiger partial charge in [-0.3, -0.25) is 4.79 Å². The molecule has 0 radical (unpaired) electrons. The summed E-state index contributed by atoms with van der Waals surface area (Å²) in [5, 5.41) is 4.49.